The largest absolute Gasteiger partial charge is 0.467 e. The third-order valence-electron chi connectivity index (χ3n) is 4.94. The molecule has 1 fully saturated rings. The van der Waals surface area contributed by atoms with Crippen molar-refractivity contribution in [2.45, 2.75) is 32.4 Å². The maximum atomic E-state index is 13.0. The van der Waals surface area contributed by atoms with Crippen LogP contribution in [-0.4, -0.2) is 29.3 Å². The molecule has 2 aliphatic rings. The second-order valence-corrected chi connectivity index (χ2v) is 6.64. The number of carbonyl (C=O) groups excluding carboxylic acids is 2. The van der Waals surface area contributed by atoms with E-state index in [4.69, 9.17) is 4.42 Å². The summed E-state index contributed by atoms with van der Waals surface area (Å²) >= 11 is 0. The topological polar surface area (TPSA) is 53.8 Å². The number of para-hydroxylation sites is 1. The standard InChI is InChI=1S/C19H20N2O3/c1-13-9-14-5-2-3-7-17(14)21(13)19(23)15-10-18(22)20(11-15)12-16-6-4-8-24-16/h2-8,13,15H,9-12H2,1H3/t13-,15-/m0/s1. The molecule has 0 N–H and O–H groups in total. The average Bonchev–Trinajstić information content (AvgIpc) is 3.26. The van der Waals surface area contributed by atoms with Crippen molar-refractivity contribution in [3.63, 3.8) is 0 Å². The number of hydrogen-bond acceptors (Lipinski definition) is 3. The van der Waals surface area contributed by atoms with Gasteiger partial charge in [-0.3, -0.25) is 9.59 Å². The molecule has 0 bridgehead atoms. The van der Waals surface area contributed by atoms with Crippen LogP contribution in [0.3, 0.4) is 0 Å². The highest BCUT2D eigenvalue weighted by Gasteiger charge is 2.40. The molecule has 1 aromatic heterocycles. The van der Waals surface area contributed by atoms with Crippen LogP contribution in [0, 0.1) is 5.92 Å². The van der Waals surface area contributed by atoms with Crippen LogP contribution in [0.2, 0.25) is 0 Å². The molecule has 0 aliphatic carbocycles. The molecular weight excluding hydrogens is 304 g/mol. The van der Waals surface area contributed by atoms with E-state index in [1.54, 1.807) is 17.2 Å². The molecule has 5 heteroatoms. The smallest absolute Gasteiger partial charge is 0.232 e. The Bertz CT molecular complexity index is 769. The summed E-state index contributed by atoms with van der Waals surface area (Å²) in [6.07, 6.45) is 2.75. The SMILES string of the molecule is C[C@H]1Cc2ccccc2N1C(=O)[C@H]1CC(=O)N(Cc2ccco2)C1. The Balaban J connectivity index is 1.50. The molecule has 0 saturated carbocycles. The van der Waals surface area contributed by atoms with Crippen molar-refractivity contribution in [2.24, 2.45) is 5.92 Å². The third kappa shape index (κ3) is 2.50. The van der Waals surface area contributed by atoms with Crippen LogP contribution in [0.5, 0.6) is 0 Å². The molecule has 0 spiro atoms. The summed E-state index contributed by atoms with van der Waals surface area (Å²) in [6, 6.07) is 11.8. The highest BCUT2D eigenvalue weighted by Crippen LogP contribution is 2.34. The number of carbonyl (C=O) groups is 2. The molecule has 124 valence electrons. The molecule has 3 heterocycles. The van der Waals surface area contributed by atoms with E-state index in [9.17, 15) is 9.59 Å². The fourth-order valence-corrected chi connectivity index (χ4v) is 3.78. The fourth-order valence-electron chi connectivity index (χ4n) is 3.78. The zero-order chi connectivity index (χ0) is 16.7. The van der Waals surface area contributed by atoms with E-state index >= 15 is 0 Å². The lowest BCUT2D eigenvalue weighted by Crippen LogP contribution is -2.41. The molecular formula is C19H20N2O3. The summed E-state index contributed by atoms with van der Waals surface area (Å²) in [5, 5.41) is 0. The van der Waals surface area contributed by atoms with Gasteiger partial charge in [0, 0.05) is 24.7 Å². The number of anilines is 1. The second kappa shape index (κ2) is 5.82. The molecule has 2 aromatic rings. The van der Waals surface area contributed by atoms with Crippen LogP contribution >= 0.6 is 0 Å². The van der Waals surface area contributed by atoms with Crippen LogP contribution in [0.15, 0.2) is 47.1 Å². The lowest BCUT2D eigenvalue weighted by atomic mass is 10.1. The van der Waals surface area contributed by atoms with Gasteiger partial charge in [0.15, 0.2) is 0 Å². The van der Waals surface area contributed by atoms with Gasteiger partial charge >= 0.3 is 0 Å². The van der Waals surface area contributed by atoms with E-state index < -0.39 is 0 Å². The Labute approximate surface area is 140 Å². The predicted molar refractivity (Wildman–Crippen MR) is 89.3 cm³/mol. The quantitative estimate of drug-likeness (QED) is 0.872. The minimum atomic E-state index is -0.277. The van der Waals surface area contributed by atoms with Gasteiger partial charge in [0.1, 0.15) is 5.76 Å². The molecule has 2 amide bonds. The van der Waals surface area contributed by atoms with Crippen molar-refractivity contribution < 1.29 is 14.0 Å². The number of fused-ring (bicyclic) bond motifs is 1. The number of rotatable bonds is 3. The highest BCUT2D eigenvalue weighted by atomic mass is 16.3. The van der Waals surface area contributed by atoms with E-state index in [0.717, 1.165) is 17.9 Å². The lowest BCUT2D eigenvalue weighted by molar-refractivity contribution is -0.129. The van der Waals surface area contributed by atoms with Crippen LogP contribution in [0.1, 0.15) is 24.7 Å². The van der Waals surface area contributed by atoms with Gasteiger partial charge in [-0.15, -0.1) is 0 Å². The summed E-state index contributed by atoms with van der Waals surface area (Å²) in [5.41, 5.74) is 2.20. The maximum Gasteiger partial charge on any atom is 0.232 e. The van der Waals surface area contributed by atoms with E-state index in [0.29, 0.717) is 13.1 Å². The summed E-state index contributed by atoms with van der Waals surface area (Å²) in [4.78, 5) is 28.9. The summed E-state index contributed by atoms with van der Waals surface area (Å²) in [6.45, 7) is 2.96. The second-order valence-electron chi connectivity index (χ2n) is 6.64. The molecule has 0 unspecified atom stereocenters. The zero-order valence-corrected chi connectivity index (χ0v) is 13.6. The molecule has 24 heavy (non-hydrogen) atoms. The van der Waals surface area contributed by atoms with E-state index in [1.165, 1.54) is 5.56 Å². The fraction of sp³-hybridized carbons (Fsp3) is 0.368. The third-order valence-corrected chi connectivity index (χ3v) is 4.94. The molecule has 2 aliphatic heterocycles. The number of nitrogens with zero attached hydrogens (tertiary/aromatic N) is 2. The first-order chi connectivity index (χ1) is 11.6. The Morgan fingerprint density at radius 3 is 2.83 bits per heavy atom. The molecule has 0 radical (unpaired) electrons. The Morgan fingerprint density at radius 2 is 2.04 bits per heavy atom. The van der Waals surface area contributed by atoms with E-state index in [1.807, 2.05) is 29.2 Å². The Morgan fingerprint density at radius 1 is 1.21 bits per heavy atom. The maximum absolute atomic E-state index is 13.0. The normalized spacial score (nSPS) is 23.0. The first-order valence-electron chi connectivity index (χ1n) is 8.34. The summed E-state index contributed by atoms with van der Waals surface area (Å²) in [5.74, 6) is 0.546. The van der Waals surface area contributed by atoms with Gasteiger partial charge in [0.25, 0.3) is 0 Å². The Kier molecular flexibility index (Phi) is 3.63. The molecule has 5 nitrogen and oxygen atoms in total. The predicted octanol–water partition coefficient (Wildman–Crippen LogP) is 2.61. The minimum absolute atomic E-state index is 0.0184. The summed E-state index contributed by atoms with van der Waals surface area (Å²) < 4.78 is 5.31. The van der Waals surface area contributed by atoms with Crippen molar-refractivity contribution in [3.05, 3.63) is 54.0 Å². The van der Waals surface area contributed by atoms with Gasteiger partial charge in [-0.1, -0.05) is 18.2 Å². The average molecular weight is 324 g/mol. The summed E-state index contributed by atoms with van der Waals surface area (Å²) in [7, 11) is 0. The van der Waals surface area contributed by atoms with Gasteiger partial charge in [0.05, 0.1) is 18.7 Å². The van der Waals surface area contributed by atoms with Gasteiger partial charge in [-0.05, 0) is 37.1 Å². The number of amides is 2. The molecule has 4 rings (SSSR count). The van der Waals surface area contributed by atoms with Crippen molar-refractivity contribution in [2.75, 3.05) is 11.4 Å². The van der Waals surface area contributed by atoms with Crippen molar-refractivity contribution >= 4 is 17.5 Å². The van der Waals surface area contributed by atoms with Crippen molar-refractivity contribution in [1.82, 2.24) is 4.90 Å². The van der Waals surface area contributed by atoms with Crippen molar-refractivity contribution in [3.8, 4) is 0 Å². The van der Waals surface area contributed by atoms with Crippen LogP contribution < -0.4 is 4.90 Å². The van der Waals surface area contributed by atoms with Gasteiger partial charge < -0.3 is 14.2 Å². The number of furan rings is 1. The van der Waals surface area contributed by atoms with Crippen LogP contribution in [0.25, 0.3) is 0 Å². The molecule has 1 saturated heterocycles. The van der Waals surface area contributed by atoms with Gasteiger partial charge in [-0.25, -0.2) is 0 Å². The van der Waals surface area contributed by atoms with E-state index in [-0.39, 0.29) is 30.2 Å². The number of likely N-dealkylation sites (tertiary alicyclic amines) is 1. The Hall–Kier alpha value is -2.56. The first kappa shape index (κ1) is 15.0. The first-order valence-corrected chi connectivity index (χ1v) is 8.34. The van der Waals surface area contributed by atoms with Crippen LogP contribution in [0.4, 0.5) is 5.69 Å². The number of hydrogen-bond donors (Lipinski definition) is 0. The monoisotopic (exact) mass is 324 g/mol. The lowest BCUT2D eigenvalue weighted by Gasteiger charge is -2.25. The number of benzene rings is 1. The van der Waals surface area contributed by atoms with E-state index in [2.05, 4.69) is 13.0 Å². The highest BCUT2D eigenvalue weighted by molar-refractivity contribution is 6.01. The minimum Gasteiger partial charge on any atom is -0.467 e. The van der Waals surface area contributed by atoms with Crippen LogP contribution in [-0.2, 0) is 22.6 Å². The molecule has 2 atom stereocenters. The van der Waals surface area contributed by atoms with Crippen molar-refractivity contribution in [1.29, 1.82) is 0 Å². The van der Waals surface area contributed by atoms with Gasteiger partial charge in [-0.2, -0.15) is 0 Å². The van der Waals surface area contributed by atoms with Gasteiger partial charge in [0.2, 0.25) is 11.8 Å². The molecule has 1 aromatic carbocycles. The zero-order valence-electron chi connectivity index (χ0n) is 13.6.